The van der Waals surface area contributed by atoms with Crippen LogP contribution in [-0.4, -0.2) is 34.0 Å². The molecule has 4 nitrogen and oxygen atoms in total. The molecule has 1 amide bonds. The van der Waals surface area contributed by atoms with Gasteiger partial charge >= 0.3 is 5.97 Å². The predicted octanol–water partition coefficient (Wildman–Crippen LogP) is 3.28. The van der Waals surface area contributed by atoms with E-state index in [9.17, 15) is 14.7 Å². The highest BCUT2D eigenvalue weighted by Crippen LogP contribution is 2.34. The molecule has 1 fully saturated rings. The Hall–Kier alpha value is -1.84. The number of carbonyl (C=O) groups is 2. The van der Waals surface area contributed by atoms with Crippen LogP contribution in [0.5, 0.6) is 0 Å². The summed E-state index contributed by atoms with van der Waals surface area (Å²) in [5.74, 6) is -0.513. The molecule has 0 bridgehead atoms. The Morgan fingerprint density at radius 2 is 1.91 bits per heavy atom. The number of nitrogens with zero attached hydrogens (tertiary/aromatic N) is 1. The van der Waals surface area contributed by atoms with Crippen molar-refractivity contribution in [2.75, 3.05) is 6.54 Å². The fourth-order valence-electron chi connectivity index (χ4n) is 3.32. The minimum Gasteiger partial charge on any atom is -0.480 e. The first-order valence-corrected chi connectivity index (χ1v) is 7.95. The topological polar surface area (TPSA) is 57.6 Å². The summed E-state index contributed by atoms with van der Waals surface area (Å²) in [5.41, 5.74) is 0.0945. The van der Waals surface area contributed by atoms with Crippen molar-refractivity contribution in [2.45, 2.75) is 51.5 Å². The van der Waals surface area contributed by atoms with Crippen LogP contribution in [0.15, 0.2) is 30.3 Å². The number of rotatable bonds is 5. The van der Waals surface area contributed by atoms with Crippen molar-refractivity contribution >= 4 is 11.9 Å². The zero-order valence-electron chi connectivity index (χ0n) is 13.6. The van der Waals surface area contributed by atoms with Crippen LogP contribution in [0.3, 0.4) is 0 Å². The number of hydrogen-bond acceptors (Lipinski definition) is 2. The fraction of sp³-hybridized carbons (Fsp3) is 0.556. The van der Waals surface area contributed by atoms with Gasteiger partial charge in [-0.15, -0.1) is 0 Å². The Labute approximate surface area is 132 Å². The second kappa shape index (κ2) is 6.51. The van der Waals surface area contributed by atoms with Crippen molar-refractivity contribution < 1.29 is 14.7 Å². The highest BCUT2D eigenvalue weighted by Gasteiger charge is 2.46. The normalized spacial score (nSPS) is 22.8. The van der Waals surface area contributed by atoms with Crippen molar-refractivity contribution in [3.05, 3.63) is 35.9 Å². The molecule has 1 aromatic carbocycles. The van der Waals surface area contributed by atoms with Crippen LogP contribution in [0.25, 0.3) is 0 Å². The molecule has 1 heterocycles. The molecule has 0 saturated carbocycles. The lowest BCUT2D eigenvalue weighted by Gasteiger charge is -2.33. The van der Waals surface area contributed by atoms with Crippen molar-refractivity contribution in [3.63, 3.8) is 0 Å². The largest absolute Gasteiger partial charge is 0.480 e. The van der Waals surface area contributed by atoms with Crippen molar-refractivity contribution in [2.24, 2.45) is 5.92 Å². The first kappa shape index (κ1) is 16.5. The number of benzene rings is 1. The van der Waals surface area contributed by atoms with E-state index in [-0.39, 0.29) is 11.8 Å². The first-order valence-electron chi connectivity index (χ1n) is 7.95. The third-order valence-corrected chi connectivity index (χ3v) is 4.83. The van der Waals surface area contributed by atoms with E-state index in [0.717, 1.165) is 12.0 Å². The summed E-state index contributed by atoms with van der Waals surface area (Å²) in [6, 6.07) is 10.0. The lowest BCUT2D eigenvalue weighted by Crippen LogP contribution is -2.51. The standard InChI is InChI=1S/C18H25NO3/c1-13(2)15(14-8-5-4-6-9-14)12-16(20)19-11-7-10-18(19,3)17(21)22/h4-6,8-9,13,15H,7,10-12H2,1-3H3,(H,21,22). The molecule has 0 aliphatic carbocycles. The average molecular weight is 303 g/mol. The van der Waals surface area contributed by atoms with Crippen LogP contribution in [-0.2, 0) is 9.59 Å². The molecule has 0 aromatic heterocycles. The molecule has 2 atom stereocenters. The highest BCUT2D eigenvalue weighted by atomic mass is 16.4. The summed E-state index contributed by atoms with van der Waals surface area (Å²) >= 11 is 0. The Bertz CT molecular complexity index is 541. The van der Waals surface area contributed by atoms with Gasteiger partial charge in [0.2, 0.25) is 5.91 Å². The quantitative estimate of drug-likeness (QED) is 0.908. The number of carboxylic acids is 1. The summed E-state index contributed by atoms with van der Waals surface area (Å²) in [4.78, 5) is 25.8. The van der Waals surface area contributed by atoms with Crippen LogP contribution < -0.4 is 0 Å². The van der Waals surface area contributed by atoms with Crippen LogP contribution in [0.2, 0.25) is 0 Å². The molecular formula is C18H25NO3. The molecule has 0 radical (unpaired) electrons. The molecular weight excluding hydrogens is 278 g/mol. The molecule has 120 valence electrons. The molecule has 22 heavy (non-hydrogen) atoms. The van der Waals surface area contributed by atoms with Crippen molar-refractivity contribution in [1.29, 1.82) is 0 Å². The molecule has 1 saturated heterocycles. The molecule has 1 aliphatic rings. The maximum Gasteiger partial charge on any atom is 0.329 e. The number of aliphatic carboxylic acids is 1. The fourth-order valence-corrected chi connectivity index (χ4v) is 3.32. The molecule has 2 unspecified atom stereocenters. The van der Waals surface area contributed by atoms with E-state index in [1.807, 2.05) is 30.3 Å². The first-order chi connectivity index (χ1) is 10.4. The lowest BCUT2D eigenvalue weighted by atomic mass is 9.85. The van der Waals surface area contributed by atoms with E-state index in [1.165, 1.54) is 0 Å². The second-order valence-corrected chi connectivity index (χ2v) is 6.69. The van der Waals surface area contributed by atoms with E-state index in [0.29, 0.717) is 25.3 Å². The predicted molar refractivity (Wildman–Crippen MR) is 85.6 cm³/mol. The summed E-state index contributed by atoms with van der Waals surface area (Å²) < 4.78 is 0. The third kappa shape index (κ3) is 3.16. The van der Waals surface area contributed by atoms with Gasteiger partial charge in [-0.3, -0.25) is 4.79 Å². The van der Waals surface area contributed by atoms with Gasteiger partial charge in [-0.1, -0.05) is 44.2 Å². The average Bonchev–Trinajstić information content (AvgIpc) is 2.88. The SMILES string of the molecule is CC(C)C(CC(=O)N1CCCC1(C)C(=O)O)c1ccccc1. The molecule has 4 heteroatoms. The van der Waals surface area contributed by atoms with Crippen molar-refractivity contribution in [3.8, 4) is 0 Å². The van der Waals surface area contributed by atoms with Crippen LogP contribution in [0.4, 0.5) is 0 Å². The lowest BCUT2D eigenvalue weighted by molar-refractivity contribution is -0.155. The Kier molecular flexibility index (Phi) is 4.89. The number of amides is 1. The van der Waals surface area contributed by atoms with Gasteiger partial charge in [0.15, 0.2) is 0 Å². The smallest absolute Gasteiger partial charge is 0.329 e. The van der Waals surface area contributed by atoms with Gasteiger partial charge in [0.25, 0.3) is 0 Å². The maximum atomic E-state index is 12.7. The number of likely N-dealkylation sites (tertiary alicyclic amines) is 1. The Morgan fingerprint density at radius 1 is 1.27 bits per heavy atom. The third-order valence-electron chi connectivity index (χ3n) is 4.83. The summed E-state index contributed by atoms with van der Waals surface area (Å²) in [6.45, 7) is 6.41. The highest BCUT2D eigenvalue weighted by molar-refractivity contribution is 5.87. The van der Waals surface area contributed by atoms with E-state index >= 15 is 0 Å². The van der Waals surface area contributed by atoms with Gasteiger partial charge in [-0.25, -0.2) is 4.79 Å². The molecule has 1 aliphatic heterocycles. The molecule has 0 spiro atoms. The maximum absolute atomic E-state index is 12.7. The second-order valence-electron chi connectivity index (χ2n) is 6.69. The van der Waals surface area contributed by atoms with Crippen LogP contribution >= 0.6 is 0 Å². The Morgan fingerprint density at radius 3 is 2.45 bits per heavy atom. The van der Waals surface area contributed by atoms with Gasteiger partial charge in [0, 0.05) is 13.0 Å². The minimum atomic E-state index is -1.05. The van der Waals surface area contributed by atoms with Gasteiger partial charge in [-0.2, -0.15) is 0 Å². The Balaban J connectivity index is 2.17. The zero-order valence-corrected chi connectivity index (χ0v) is 13.6. The van der Waals surface area contributed by atoms with E-state index in [4.69, 9.17) is 0 Å². The van der Waals surface area contributed by atoms with Crippen molar-refractivity contribution in [1.82, 2.24) is 4.90 Å². The van der Waals surface area contributed by atoms with Gasteiger partial charge in [-0.05, 0) is 37.2 Å². The number of carbonyl (C=O) groups excluding carboxylic acids is 1. The van der Waals surface area contributed by atoms with Gasteiger partial charge in [0.05, 0.1) is 0 Å². The molecule has 2 rings (SSSR count). The van der Waals surface area contributed by atoms with E-state index in [2.05, 4.69) is 13.8 Å². The molecule has 1 aromatic rings. The monoisotopic (exact) mass is 303 g/mol. The molecule has 1 N–H and O–H groups in total. The number of hydrogen-bond donors (Lipinski definition) is 1. The van der Waals surface area contributed by atoms with E-state index < -0.39 is 11.5 Å². The van der Waals surface area contributed by atoms with Crippen LogP contribution in [0.1, 0.15) is 51.5 Å². The summed E-state index contributed by atoms with van der Waals surface area (Å²) in [6.07, 6.45) is 1.66. The summed E-state index contributed by atoms with van der Waals surface area (Å²) in [5, 5.41) is 9.46. The van der Waals surface area contributed by atoms with E-state index in [1.54, 1.807) is 11.8 Å². The minimum absolute atomic E-state index is 0.0510. The number of carboxylic acid groups (broad SMARTS) is 1. The van der Waals surface area contributed by atoms with Gasteiger partial charge < -0.3 is 10.0 Å². The summed E-state index contributed by atoms with van der Waals surface area (Å²) in [7, 11) is 0. The van der Waals surface area contributed by atoms with Gasteiger partial charge in [0.1, 0.15) is 5.54 Å². The zero-order chi connectivity index (χ0) is 16.3. The van der Waals surface area contributed by atoms with Crippen LogP contribution in [0, 0.1) is 5.92 Å².